The summed E-state index contributed by atoms with van der Waals surface area (Å²) in [6, 6.07) is 17.4. The van der Waals surface area contributed by atoms with Crippen LogP contribution in [0.25, 0.3) is 0 Å². The standard InChI is InChI=1S/C21H23ClN4O/c1-14(2)27-19-10-8-18(9-11-19)25-21-24-15(3)12-20(26-21)23-13-16-4-6-17(22)7-5-16/h4-12,14H,13H2,1-3H3,(H2,23,24,25,26). The van der Waals surface area contributed by atoms with Gasteiger partial charge in [-0.1, -0.05) is 23.7 Å². The van der Waals surface area contributed by atoms with E-state index in [1.807, 2.05) is 75.4 Å². The second kappa shape index (κ2) is 8.73. The van der Waals surface area contributed by atoms with Crippen LogP contribution in [0.15, 0.2) is 54.6 Å². The molecular formula is C21H23ClN4O. The average Bonchev–Trinajstić information content (AvgIpc) is 2.62. The second-order valence-electron chi connectivity index (χ2n) is 6.51. The molecular weight excluding hydrogens is 360 g/mol. The summed E-state index contributed by atoms with van der Waals surface area (Å²) in [6.07, 6.45) is 0.151. The minimum absolute atomic E-state index is 0.151. The quantitative estimate of drug-likeness (QED) is 0.558. The van der Waals surface area contributed by atoms with E-state index >= 15 is 0 Å². The van der Waals surface area contributed by atoms with E-state index in [0.717, 1.165) is 33.5 Å². The van der Waals surface area contributed by atoms with E-state index in [0.29, 0.717) is 12.5 Å². The summed E-state index contributed by atoms with van der Waals surface area (Å²) in [5.74, 6) is 2.15. The van der Waals surface area contributed by atoms with Gasteiger partial charge >= 0.3 is 0 Å². The van der Waals surface area contributed by atoms with Gasteiger partial charge in [-0.15, -0.1) is 0 Å². The highest BCUT2D eigenvalue weighted by atomic mass is 35.5. The normalized spacial score (nSPS) is 10.7. The Labute approximate surface area is 164 Å². The van der Waals surface area contributed by atoms with Crippen LogP contribution in [0.1, 0.15) is 25.1 Å². The molecule has 0 saturated heterocycles. The van der Waals surface area contributed by atoms with E-state index in [1.54, 1.807) is 0 Å². The molecule has 2 aromatic carbocycles. The third-order valence-corrected chi connectivity index (χ3v) is 3.98. The molecule has 3 rings (SSSR count). The predicted octanol–water partition coefficient (Wildman–Crippen LogP) is 5.58. The number of hydrogen-bond acceptors (Lipinski definition) is 5. The molecule has 0 radical (unpaired) electrons. The lowest BCUT2D eigenvalue weighted by atomic mass is 10.2. The van der Waals surface area contributed by atoms with Crippen LogP contribution in [-0.2, 0) is 6.54 Å². The summed E-state index contributed by atoms with van der Waals surface area (Å²) in [4.78, 5) is 9.00. The van der Waals surface area contributed by atoms with Crippen LogP contribution in [0, 0.1) is 6.92 Å². The number of benzene rings is 2. The molecule has 0 atom stereocenters. The molecule has 27 heavy (non-hydrogen) atoms. The van der Waals surface area contributed by atoms with Crippen molar-refractivity contribution in [3.63, 3.8) is 0 Å². The number of ether oxygens (including phenoxy) is 1. The minimum Gasteiger partial charge on any atom is -0.491 e. The Balaban J connectivity index is 1.66. The van der Waals surface area contributed by atoms with Crippen molar-refractivity contribution < 1.29 is 4.74 Å². The number of rotatable bonds is 7. The highest BCUT2D eigenvalue weighted by Crippen LogP contribution is 2.20. The molecule has 0 saturated carbocycles. The van der Waals surface area contributed by atoms with Crippen LogP contribution < -0.4 is 15.4 Å². The van der Waals surface area contributed by atoms with Gasteiger partial charge in [0.2, 0.25) is 5.95 Å². The second-order valence-corrected chi connectivity index (χ2v) is 6.95. The Bertz CT molecular complexity index is 880. The maximum atomic E-state index is 5.92. The maximum absolute atomic E-state index is 5.92. The first-order valence-electron chi connectivity index (χ1n) is 8.86. The Kier molecular flexibility index (Phi) is 6.14. The summed E-state index contributed by atoms with van der Waals surface area (Å²) >= 11 is 5.92. The molecule has 140 valence electrons. The molecule has 0 unspecified atom stereocenters. The van der Waals surface area contributed by atoms with Crippen LogP contribution >= 0.6 is 11.6 Å². The number of aryl methyl sites for hydroxylation is 1. The number of halogens is 1. The van der Waals surface area contributed by atoms with Gasteiger partial charge in [-0.05, 0) is 62.7 Å². The van der Waals surface area contributed by atoms with E-state index in [9.17, 15) is 0 Å². The molecule has 5 nitrogen and oxygen atoms in total. The number of anilines is 3. The van der Waals surface area contributed by atoms with Gasteiger partial charge < -0.3 is 15.4 Å². The fraction of sp³-hybridized carbons (Fsp3) is 0.238. The lowest BCUT2D eigenvalue weighted by molar-refractivity contribution is 0.242. The third-order valence-electron chi connectivity index (χ3n) is 3.72. The highest BCUT2D eigenvalue weighted by molar-refractivity contribution is 6.30. The largest absolute Gasteiger partial charge is 0.491 e. The molecule has 0 spiro atoms. The lowest BCUT2D eigenvalue weighted by Gasteiger charge is -2.12. The van der Waals surface area contributed by atoms with Crippen LogP contribution in [-0.4, -0.2) is 16.1 Å². The average molecular weight is 383 g/mol. The lowest BCUT2D eigenvalue weighted by Crippen LogP contribution is -2.06. The molecule has 0 bridgehead atoms. The summed E-state index contributed by atoms with van der Waals surface area (Å²) in [7, 11) is 0. The van der Waals surface area contributed by atoms with Crippen molar-refractivity contribution in [3.8, 4) is 5.75 Å². The number of aromatic nitrogens is 2. The topological polar surface area (TPSA) is 59.1 Å². The predicted molar refractivity (Wildman–Crippen MR) is 111 cm³/mol. The van der Waals surface area contributed by atoms with Crippen molar-refractivity contribution in [2.75, 3.05) is 10.6 Å². The fourth-order valence-electron chi connectivity index (χ4n) is 2.53. The first-order valence-corrected chi connectivity index (χ1v) is 9.23. The van der Waals surface area contributed by atoms with Gasteiger partial charge in [0.1, 0.15) is 11.6 Å². The van der Waals surface area contributed by atoms with Gasteiger partial charge in [0.25, 0.3) is 0 Å². The minimum atomic E-state index is 0.151. The zero-order valence-corrected chi connectivity index (χ0v) is 16.4. The van der Waals surface area contributed by atoms with Crippen molar-refractivity contribution in [2.45, 2.75) is 33.4 Å². The molecule has 1 aromatic heterocycles. The zero-order chi connectivity index (χ0) is 19.2. The van der Waals surface area contributed by atoms with Crippen molar-refractivity contribution in [2.24, 2.45) is 0 Å². The monoisotopic (exact) mass is 382 g/mol. The smallest absolute Gasteiger partial charge is 0.229 e. The zero-order valence-electron chi connectivity index (χ0n) is 15.7. The highest BCUT2D eigenvalue weighted by Gasteiger charge is 2.04. The van der Waals surface area contributed by atoms with E-state index in [4.69, 9.17) is 16.3 Å². The Morgan fingerprint density at radius 1 is 1.00 bits per heavy atom. The van der Waals surface area contributed by atoms with Crippen LogP contribution in [0.2, 0.25) is 5.02 Å². The molecule has 6 heteroatoms. The summed E-state index contributed by atoms with van der Waals surface area (Å²) < 4.78 is 5.66. The van der Waals surface area contributed by atoms with Crippen molar-refractivity contribution in [1.29, 1.82) is 0 Å². The molecule has 1 heterocycles. The van der Waals surface area contributed by atoms with Gasteiger partial charge in [0.15, 0.2) is 0 Å². The first kappa shape index (κ1) is 19.0. The van der Waals surface area contributed by atoms with E-state index < -0.39 is 0 Å². The van der Waals surface area contributed by atoms with Gasteiger partial charge in [0, 0.05) is 29.0 Å². The number of nitrogens with zero attached hydrogens (tertiary/aromatic N) is 2. The van der Waals surface area contributed by atoms with Gasteiger partial charge in [-0.3, -0.25) is 0 Å². The van der Waals surface area contributed by atoms with Crippen LogP contribution in [0.4, 0.5) is 17.5 Å². The Morgan fingerprint density at radius 2 is 1.70 bits per heavy atom. The molecule has 2 N–H and O–H groups in total. The van der Waals surface area contributed by atoms with Crippen molar-refractivity contribution in [1.82, 2.24) is 9.97 Å². The van der Waals surface area contributed by atoms with Gasteiger partial charge in [-0.2, -0.15) is 4.98 Å². The number of hydrogen-bond donors (Lipinski definition) is 2. The molecule has 0 amide bonds. The van der Waals surface area contributed by atoms with E-state index in [1.165, 1.54) is 0 Å². The molecule has 0 fully saturated rings. The molecule has 0 aliphatic heterocycles. The summed E-state index contributed by atoms with van der Waals surface area (Å²) in [5, 5.41) is 7.29. The SMILES string of the molecule is Cc1cc(NCc2ccc(Cl)cc2)nc(Nc2ccc(OC(C)C)cc2)n1. The molecule has 0 aliphatic carbocycles. The molecule has 0 aliphatic rings. The van der Waals surface area contributed by atoms with Crippen LogP contribution in [0.5, 0.6) is 5.75 Å². The number of nitrogens with one attached hydrogen (secondary N) is 2. The van der Waals surface area contributed by atoms with Gasteiger partial charge in [-0.25, -0.2) is 4.98 Å². The van der Waals surface area contributed by atoms with E-state index in [2.05, 4.69) is 20.6 Å². The van der Waals surface area contributed by atoms with Crippen molar-refractivity contribution >= 4 is 29.1 Å². The third kappa shape index (κ3) is 5.86. The molecule has 3 aromatic rings. The first-order chi connectivity index (χ1) is 13.0. The Morgan fingerprint density at radius 3 is 2.37 bits per heavy atom. The maximum Gasteiger partial charge on any atom is 0.229 e. The van der Waals surface area contributed by atoms with Gasteiger partial charge in [0.05, 0.1) is 6.10 Å². The Hall–Kier alpha value is -2.79. The summed E-state index contributed by atoms with van der Waals surface area (Å²) in [6.45, 7) is 6.62. The van der Waals surface area contributed by atoms with Crippen molar-refractivity contribution in [3.05, 3.63) is 70.9 Å². The van der Waals surface area contributed by atoms with Crippen LogP contribution in [0.3, 0.4) is 0 Å². The van der Waals surface area contributed by atoms with E-state index in [-0.39, 0.29) is 6.10 Å². The fourth-order valence-corrected chi connectivity index (χ4v) is 2.65. The summed E-state index contributed by atoms with van der Waals surface area (Å²) in [5.41, 5.74) is 2.91.